The standard InChI is InChI=1S/C7H12N2OS/c1-3-10-9-6(2)7-4-8-5-11-7/h4-6,9H,3H2,1-2H3. The molecule has 0 saturated heterocycles. The van der Waals surface area contributed by atoms with Crippen LogP contribution in [0, 0.1) is 0 Å². The van der Waals surface area contributed by atoms with Crippen LogP contribution in [0.25, 0.3) is 0 Å². The van der Waals surface area contributed by atoms with E-state index in [-0.39, 0.29) is 6.04 Å². The summed E-state index contributed by atoms with van der Waals surface area (Å²) in [6.07, 6.45) is 1.85. The molecule has 1 rings (SSSR count). The molecule has 4 heteroatoms. The summed E-state index contributed by atoms with van der Waals surface area (Å²) in [5.74, 6) is 0. The van der Waals surface area contributed by atoms with Gasteiger partial charge in [-0.3, -0.25) is 4.98 Å². The fourth-order valence-electron chi connectivity index (χ4n) is 0.706. The first-order valence-corrected chi connectivity index (χ1v) is 4.48. The Morgan fingerprint density at radius 1 is 1.82 bits per heavy atom. The third-order valence-electron chi connectivity index (χ3n) is 1.28. The second kappa shape index (κ2) is 4.43. The normalized spacial score (nSPS) is 13.3. The molecule has 1 unspecified atom stereocenters. The van der Waals surface area contributed by atoms with Crippen LogP contribution in [0.2, 0.25) is 0 Å². The van der Waals surface area contributed by atoms with Crippen molar-refractivity contribution in [2.45, 2.75) is 19.9 Å². The van der Waals surface area contributed by atoms with E-state index in [0.717, 1.165) is 0 Å². The van der Waals surface area contributed by atoms with Crippen molar-refractivity contribution in [2.24, 2.45) is 0 Å². The van der Waals surface area contributed by atoms with Gasteiger partial charge in [0.15, 0.2) is 0 Å². The van der Waals surface area contributed by atoms with Gasteiger partial charge in [0.05, 0.1) is 18.2 Å². The van der Waals surface area contributed by atoms with Crippen molar-refractivity contribution in [1.82, 2.24) is 10.5 Å². The van der Waals surface area contributed by atoms with E-state index >= 15 is 0 Å². The summed E-state index contributed by atoms with van der Waals surface area (Å²) < 4.78 is 0. The van der Waals surface area contributed by atoms with Crippen molar-refractivity contribution in [3.05, 3.63) is 16.6 Å². The maximum Gasteiger partial charge on any atom is 0.0794 e. The van der Waals surface area contributed by atoms with Crippen LogP contribution in [-0.4, -0.2) is 11.6 Å². The second-order valence-corrected chi connectivity index (χ2v) is 3.09. The first-order valence-electron chi connectivity index (χ1n) is 3.60. The van der Waals surface area contributed by atoms with Crippen molar-refractivity contribution >= 4 is 11.3 Å². The lowest BCUT2D eigenvalue weighted by molar-refractivity contribution is 0.0292. The van der Waals surface area contributed by atoms with E-state index in [4.69, 9.17) is 4.84 Å². The third-order valence-corrected chi connectivity index (χ3v) is 2.24. The Morgan fingerprint density at radius 3 is 3.18 bits per heavy atom. The molecule has 1 atom stereocenters. The summed E-state index contributed by atoms with van der Waals surface area (Å²) in [7, 11) is 0. The van der Waals surface area contributed by atoms with Crippen LogP contribution in [0.1, 0.15) is 24.8 Å². The highest BCUT2D eigenvalue weighted by Crippen LogP contribution is 2.15. The van der Waals surface area contributed by atoms with Gasteiger partial charge in [0.25, 0.3) is 0 Å². The molecule has 0 fully saturated rings. The molecule has 0 bridgehead atoms. The zero-order valence-corrected chi connectivity index (χ0v) is 7.52. The molecule has 62 valence electrons. The zero-order chi connectivity index (χ0) is 8.10. The predicted molar refractivity (Wildman–Crippen MR) is 45.3 cm³/mol. The summed E-state index contributed by atoms with van der Waals surface area (Å²) in [6, 6.07) is 0.238. The van der Waals surface area contributed by atoms with Crippen molar-refractivity contribution in [2.75, 3.05) is 6.61 Å². The number of rotatable bonds is 4. The number of nitrogens with zero attached hydrogens (tertiary/aromatic N) is 1. The van der Waals surface area contributed by atoms with Gasteiger partial charge in [-0.05, 0) is 13.8 Å². The van der Waals surface area contributed by atoms with E-state index < -0.39 is 0 Å². The Morgan fingerprint density at radius 2 is 2.64 bits per heavy atom. The first-order chi connectivity index (χ1) is 5.34. The minimum absolute atomic E-state index is 0.238. The summed E-state index contributed by atoms with van der Waals surface area (Å²) in [5.41, 5.74) is 4.72. The molecule has 1 heterocycles. The van der Waals surface area contributed by atoms with E-state index in [1.54, 1.807) is 11.3 Å². The molecule has 1 N–H and O–H groups in total. The van der Waals surface area contributed by atoms with Gasteiger partial charge in [0.1, 0.15) is 0 Å². The minimum Gasteiger partial charge on any atom is -0.301 e. The lowest BCUT2D eigenvalue weighted by Gasteiger charge is -2.09. The number of hydroxylamine groups is 1. The van der Waals surface area contributed by atoms with Crippen molar-refractivity contribution in [1.29, 1.82) is 0 Å². The number of nitrogens with one attached hydrogen (secondary N) is 1. The van der Waals surface area contributed by atoms with Gasteiger partial charge in [-0.15, -0.1) is 11.3 Å². The Kier molecular flexibility index (Phi) is 3.48. The zero-order valence-electron chi connectivity index (χ0n) is 6.70. The van der Waals surface area contributed by atoms with Gasteiger partial charge in [0, 0.05) is 11.1 Å². The minimum atomic E-state index is 0.238. The lowest BCUT2D eigenvalue weighted by atomic mass is 10.3. The molecule has 0 saturated carbocycles. The van der Waals surface area contributed by atoms with Crippen molar-refractivity contribution < 1.29 is 4.84 Å². The number of hydrogen-bond donors (Lipinski definition) is 1. The molecule has 0 aromatic carbocycles. The molecule has 0 radical (unpaired) electrons. The van der Waals surface area contributed by atoms with Crippen LogP contribution in [0.3, 0.4) is 0 Å². The highest BCUT2D eigenvalue weighted by molar-refractivity contribution is 7.09. The highest BCUT2D eigenvalue weighted by Gasteiger charge is 2.04. The van der Waals surface area contributed by atoms with Crippen LogP contribution in [0.5, 0.6) is 0 Å². The molecule has 3 nitrogen and oxygen atoms in total. The Labute approximate surface area is 70.4 Å². The highest BCUT2D eigenvalue weighted by atomic mass is 32.1. The summed E-state index contributed by atoms with van der Waals surface area (Å²) in [4.78, 5) is 10.2. The summed E-state index contributed by atoms with van der Waals surface area (Å²) in [5, 5.41) is 0. The number of aromatic nitrogens is 1. The van der Waals surface area contributed by atoms with E-state index in [9.17, 15) is 0 Å². The predicted octanol–water partition coefficient (Wildman–Crippen LogP) is 1.75. The monoisotopic (exact) mass is 172 g/mol. The Hall–Kier alpha value is -0.450. The molecule has 1 aromatic rings. The molecular formula is C7H12N2OS. The van der Waals surface area contributed by atoms with Gasteiger partial charge >= 0.3 is 0 Å². The van der Waals surface area contributed by atoms with E-state index in [1.165, 1.54) is 4.88 Å². The molecule has 0 amide bonds. The van der Waals surface area contributed by atoms with Gasteiger partial charge < -0.3 is 4.84 Å². The first kappa shape index (κ1) is 8.64. The maximum atomic E-state index is 5.05. The molecule has 0 spiro atoms. The van der Waals surface area contributed by atoms with Gasteiger partial charge in [-0.25, -0.2) is 0 Å². The third kappa shape index (κ3) is 2.57. The fraction of sp³-hybridized carbons (Fsp3) is 0.571. The molecule has 11 heavy (non-hydrogen) atoms. The Bertz CT molecular complexity index is 188. The molecule has 1 aromatic heterocycles. The van der Waals surface area contributed by atoms with E-state index in [2.05, 4.69) is 10.5 Å². The summed E-state index contributed by atoms with van der Waals surface area (Å²) >= 11 is 1.63. The largest absolute Gasteiger partial charge is 0.301 e. The molecular weight excluding hydrogens is 160 g/mol. The fourth-order valence-corrected chi connectivity index (χ4v) is 1.32. The maximum absolute atomic E-state index is 5.05. The van der Waals surface area contributed by atoms with Crippen LogP contribution in [0.4, 0.5) is 0 Å². The van der Waals surface area contributed by atoms with Crippen molar-refractivity contribution in [3.8, 4) is 0 Å². The van der Waals surface area contributed by atoms with E-state index in [1.807, 2.05) is 25.6 Å². The van der Waals surface area contributed by atoms with Gasteiger partial charge in [-0.2, -0.15) is 5.48 Å². The smallest absolute Gasteiger partial charge is 0.0794 e. The number of thiazole rings is 1. The molecule has 0 aliphatic rings. The molecule has 0 aliphatic carbocycles. The second-order valence-electron chi connectivity index (χ2n) is 2.18. The summed E-state index contributed by atoms with van der Waals surface area (Å²) in [6.45, 7) is 4.68. The van der Waals surface area contributed by atoms with Crippen LogP contribution in [-0.2, 0) is 4.84 Å². The topological polar surface area (TPSA) is 34.1 Å². The number of hydrogen-bond acceptors (Lipinski definition) is 4. The van der Waals surface area contributed by atoms with Gasteiger partial charge in [-0.1, -0.05) is 0 Å². The average molecular weight is 172 g/mol. The van der Waals surface area contributed by atoms with Crippen molar-refractivity contribution in [3.63, 3.8) is 0 Å². The lowest BCUT2D eigenvalue weighted by Crippen LogP contribution is -2.17. The van der Waals surface area contributed by atoms with Gasteiger partial charge in [0.2, 0.25) is 0 Å². The SMILES string of the molecule is CCONC(C)c1cncs1. The molecule has 0 aliphatic heterocycles. The quantitative estimate of drug-likeness (QED) is 0.702. The van der Waals surface area contributed by atoms with E-state index in [0.29, 0.717) is 6.61 Å². The van der Waals surface area contributed by atoms with Crippen LogP contribution in [0.15, 0.2) is 11.7 Å². The van der Waals surface area contributed by atoms with Crippen LogP contribution >= 0.6 is 11.3 Å². The Balaban J connectivity index is 2.36. The average Bonchev–Trinajstić information content (AvgIpc) is 2.52. The van der Waals surface area contributed by atoms with Crippen LogP contribution < -0.4 is 5.48 Å².